The van der Waals surface area contributed by atoms with E-state index in [2.05, 4.69) is 12.2 Å². The van der Waals surface area contributed by atoms with Gasteiger partial charge in [-0.05, 0) is 26.3 Å². The van der Waals surface area contributed by atoms with Gasteiger partial charge in [-0.2, -0.15) is 0 Å². The van der Waals surface area contributed by atoms with Crippen molar-refractivity contribution >= 4 is 0 Å². The lowest BCUT2D eigenvalue weighted by Gasteiger charge is -2.31. The summed E-state index contributed by atoms with van der Waals surface area (Å²) in [6.07, 6.45) is 5.36. The summed E-state index contributed by atoms with van der Waals surface area (Å²) in [7, 11) is 1.93. The van der Waals surface area contributed by atoms with Crippen LogP contribution in [0.2, 0.25) is 0 Å². The highest BCUT2D eigenvalue weighted by Crippen LogP contribution is 2.33. The number of hydrogen-bond donors (Lipinski definition) is 2. The van der Waals surface area contributed by atoms with E-state index in [1.54, 1.807) is 0 Å². The first-order valence-corrected chi connectivity index (χ1v) is 4.62. The lowest BCUT2D eigenvalue weighted by molar-refractivity contribution is 0.00922. The molecule has 66 valence electrons. The Hall–Kier alpha value is -0.0800. The highest BCUT2D eigenvalue weighted by Gasteiger charge is 2.37. The lowest BCUT2D eigenvalue weighted by Crippen LogP contribution is -2.47. The van der Waals surface area contributed by atoms with Gasteiger partial charge in [-0.3, -0.25) is 0 Å². The first-order valence-electron chi connectivity index (χ1n) is 4.62. The number of likely N-dealkylation sites (N-methyl/N-ethyl adjacent to an activating group) is 1. The maximum atomic E-state index is 10.1. The molecular weight excluding hydrogens is 138 g/mol. The van der Waals surface area contributed by atoms with E-state index in [4.69, 9.17) is 0 Å². The molecule has 0 aromatic carbocycles. The Kier molecular flexibility index (Phi) is 2.90. The van der Waals surface area contributed by atoms with Gasteiger partial charge in [-0.15, -0.1) is 0 Å². The van der Waals surface area contributed by atoms with E-state index in [-0.39, 0.29) is 0 Å². The third kappa shape index (κ3) is 1.74. The van der Waals surface area contributed by atoms with Crippen LogP contribution in [0.1, 0.15) is 39.0 Å². The molecular formula is C9H19NO. The molecule has 0 radical (unpaired) electrons. The van der Waals surface area contributed by atoms with Crippen molar-refractivity contribution in [2.45, 2.75) is 50.7 Å². The highest BCUT2D eigenvalue weighted by atomic mass is 16.3. The maximum absolute atomic E-state index is 10.1. The lowest BCUT2D eigenvalue weighted by atomic mass is 9.91. The minimum absolute atomic E-state index is 0.296. The van der Waals surface area contributed by atoms with Gasteiger partial charge in [0, 0.05) is 6.04 Å². The third-order valence-corrected chi connectivity index (χ3v) is 2.87. The van der Waals surface area contributed by atoms with Crippen LogP contribution in [-0.2, 0) is 0 Å². The summed E-state index contributed by atoms with van der Waals surface area (Å²) in [5.74, 6) is 0. The fraction of sp³-hybridized carbons (Fsp3) is 1.00. The minimum Gasteiger partial charge on any atom is -0.388 e. The van der Waals surface area contributed by atoms with Crippen LogP contribution in [0.5, 0.6) is 0 Å². The summed E-state index contributed by atoms with van der Waals surface area (Å²) in [6, 6.07) is 0.296. The molecule has 0 heterocycles. The van der Waals surface area contributed by atoms with Crippen molar-refractivity contribution < 1.29 is 5.11 Å². The smallest absolute Gasteiger partial charge is 0.0799 e. The van der Waals surface area contributed by atoms with Gasteiger partial charge in [0.25, 0.3) is 0 Å². The van der Waals surface area contributed by atoms with Gasteiger partial charge >= 0.3 is 0 Å². The Labute approximate surface area is 69.0 Å². The Morgan fingerprint density at radius 3 is 2.36 bits per heavy atom. The molecule has 0 aliphatic heterocycles. The quantitative estimate of drug-likeness (QED) is 0.647. The first kappa shape index (κ1) is 9.01. The largest absolute Gasteiger partial charge is 0.388 e. The van der Waals surface area contributed by atoms with Crippen LogP contribution in [0, 0.1) is 0 Å². The fourth-order valence-corrected chi connectivity index (χ4v) is 2.19. The van der Waals surface area contributed by atoms with Gasteiger partial charge in [0.2, 0.25) is 0 Å². The Morgan fingerprint density at radius 1 is 1.45 bits per heavy atom. The molecule has 0 unspecified atom stereocenters. The molecule has 0 spiro atoms. The zero-order chi connectivity index (χ0) is 8.32. The minimum atomic E-state index is -0.399. The zero-order valence-electron chi connectivity index (χ0n) is 7.56. The SMILES string of the molecule is CC[C@H](NC)C1(O)CCCC1. The van der Waals surface area contributed by atoms with E-state index in [1.807, 2.05) is 7.05 Å². The molecule has 2 nitrogen and oxygen atoms in total. The average molecular weight is 157 g/mol. The van der Waals surface area contributed by atoms with E-state index in [0.717, 1.165) is 19.3 Å². The molecule has 1 aliphatic rings. The first-order chi connectivity index (χ1) is 5.23. The molecule has 1 atom stereocenters. The molecule has 2 N–H and O–H groups in total. The van der Waals surface area contributed by atoms with Crippen molar-refractivity contribution in [3.63, 3.8) is 0 Å². The third-order valence-electron chi connectivity index (χ3n) is 2.87. The van der Waals surface area contributed by atoms with Crippen LogP contribution in [-0.4, -0.2) is 23.8 Å². The number of aliphatic hydroxyl groups is 1. The molecule has 1 fully saturated rings. The van der Waals surface area contributed by atoms with Gasteiger partial charge in [-0.25, -0.2) is 0 Å². The van der Waals surface area contributed by atoms with E-state index in [1.165, 1.54) is 12.8 Å². The molecule has 2 heteroatoms. The molecule has 1 aliphatic carbocycles. The van der Waals surface area contributed by atoms with Crippen molar-refractivity contribution in [3.05, 3.63) is 0 Å². The zero-order valence-corrected chi connectivity index (χ0v) is 7.56. The molecule has 1 rings (SSSR count). The molecule has 0 amide bonds. The highest BCUT2D eigenvalue weighted by molar-refractivity contribution is 4.93. The van der Waals surface area contributed by atoms with Crippen LogP contribution in [0.4, 0.5) is 0 Å². The second-order valence-corrected chi connectivity index (χ2v) is 3.56. The van der Waals surface area contributed by atoms with Crippen molar-refractivity contribution in [3.8, 4) is 0 Å². The van der Waals surface area contributed by atoms with Crippen molar-refractivity contribution in [1.82, 2.24) is 5.32 Å². The van der Waals surface area contributed by atoms with Gasteiger partial charge < -0.3 is 10.4 Å². The summed E-state index contributed by atoms with van der Waals surface area (Å²) in [5.41, 5.74) is -0.399. The van der Waals surface area contributed by atoms with Crippen LogP contribution in [0.25, 0.3) is 0 Å². The van der Waals surface area contributed by atoms with Crippen LogP contribution in [0.3, 0.4) is 0 Å². The maximum Gasteiger partial charge on any atom is 0.0799 e. The van der Waals surface area contributed by atoms with Gasteiger partial charge in [0.1, 0.15) is 0 Å². The van der Waals surface area contributed by atoms with Crippen LogP contribution >= 0.6 is 0 Å². The Balaban J connectivity index is 2.53. The van der Waals surface area contributed by atoms with E-state index in [9.17, 15) is 5.11 Å². The Bertz CT molecular complexity index is 115. The van der Waals surface area contributed by atoms with E-state index in [0.29, 0.717) is 6.04 Å². The summed E-state index contributed by atoms with van der Waals surface area (Å²) < 4.78 is 0. The van der Waals surface area contributed by atoms with Crippen LogP contribution < -0.4 is 5.32 Å². The molecule has 11 heavy (non-hydrogen) atoms. The van der Waals surface area contributed by atoms with E-state index < -0.39 is 5.60 Å². The topological polar surface area (TPSA) is 32.3 Å². The monoisotopic (exact) mass is 157 g/mol. The standard InChI is InChI=1S/C9H19NO/c1-3-8(10-2)9(11)6-4-5-7-9/h8,10-11H,3-7H2,1-2H3/t8-/m0/s1. The predicted molar refractivity (Wildman–Crippen MR) is 46.6 cm³/mol. The van der Waals surface area contributed by atoms with Gasteiger partial charge in [0.15, 0.2) is 0 Å². The Morgan fingerprint density at radius 2 is 2.00 bits per heavy atom. The van der Waals surface area contributed by atoms with Crippen molar-refractivity contribution in [2.24, 2.45) is 0 Å². The molecule has 0 aromatic heterocycles. The summed E-state index contributed by atoms with van der Waals surface area (Å²) in [6.45, 7) is 2.12. The predicted octanol–water partition coefficient (Wildman–Crippen LogP) is 1.29. The summed E-state index contributed by atoms with van der Waals surface area (Å²) in [4.78, 5) is 0. The molecule has 1 saturated carbocycles. The van der Waals surface area contributed by atoms with E-state index >= 15 is 0 Å². The second-order valence-electron chi connectivity index (χ2n) is 3.56. The van der Waals surface area contributed by atoms with Crippen LogP contribution in [0.15, 0.2) is 0 Å². The molecule has 0 saturated heterocycles. The number of rotatable bonds is 3. The van der Waals surface area contributed by atoms with Gasteiger partial charge in [0.05, 0.1) is 5.60 Å². The second kappa shape index (κ2) is 3.55. The molecule has 0 bridgehead atoms. The number of hydrogen-bond acceptors (Lipinski definition) is 2. The fourth-order valence-electron chi connectivity index (χ4n) is 2.19. The normalized spacial score (nSPS) is 25.4. The van der Waals surface area contributed by atoms with Gasteiger partial charge in [-0.1, -0.05) is 19.8 Å². The molecule has 0 aromatic rings. The van der Waals surface area contributed by atoms with Crippen molar-refractivity contribution in [2.75, 3.05) is 7.05 Å². The summed E-state index contributed by atoms with van der Waals surface area (Å²) >= 11 is 0. The number of nitrogens with one attached hydrogen (secondary N) is 1. The average Bonchev–Trinajstić information content (AvgIpc) is 2.39. The summed E-state index contributed by atoms with van der Waals surface area (Å²) in [5, 5.41) is 13.3. The van der Waals surface area contributed by atoms with Crippen molar-refractivity contribution in [1.29, 1.82) is 0 Å².